The van der Waals surface area contributed by atoms with Crippen molar-refractivity contribution in [3.05, 3.63) is 12.3 Å². The number of aryl methyl sites for hydroxylation is 1. The van der Waals surface area contributed by atoms with Crippen molar-refractivity contribution < 1.29 is 13.2 Å². The Morgan fingerprint density at radius 3 is 2.90 bits per heavy atom. The SMILES string of the molecule is Cn1nccc1S(=O)(=O)N(CC(N)=O)C1CCCNC1. The molecule has 0 saturated carbocycles. The van der Waals surface area contributed by atoms with Gasteiger partial charge in [0.2, 0.25) is 5.91 Å². The maximum atomic E-state index is 12.7. The van der Waals surface area contributed by atoms with Crippen LogP contribution in [0.3, 0.4) is 0 Å². The van der Waals surface area contributed by atoms with Gasteiger partial charge in [-0.15, -0.1) is 0 Å². The molecule has 0 aliphatic carbocycles. The second-order valence-electron chi connectivity index (χ2n) is 4.81. The molecule has 2 rings (SSSR count). The van der Waals surface area contributed by atoms with Crippen LogP contribution in [-0.4, -0.2) is 54.1 Å². The third kappa shape index (κ3) is 3.00. The Balaban J connectivity index is 2.34. The Kier molecular flexibility index (Phi) is 4.41. The van der Waals surface area contributed by atoms with Crippen LogP contribution in [0, 0.1) is 0 Å². The highest BCUT2D eigenvalue weighted by atomic mass is 32.2. The van der Waals surface area contributed by atoms with Crippen molar-refractivity contribution >= 4 is 15.9 Å². The van der Waals surface area contributed by atoms with E-state index in [1.807, 2.05) is 0 Å². The Bertz CT molecular complexity index is 577. The molecule has 1 unspecified atom stereocenters. The molecule has 0 spiro atoms. The number of hydrogen-bond donors (Lipinski definition) is 2. The van der Waals surface area contributed by atoms with E-state index >= 15 is 0 Å². The van der Waals surface area contributed by atoms with Crippen LogP contribution in [0.15, 0.2) is 17.3 Å². The molecule has 112 valence electrons. The van der Waals surface area contributed by atoms with E-state index in [-0.39, 0.29) is 17.6 Å². The molecule has 1 aliphatic heterocycles. The summed E-state index contributed by atoms with van der Waals surface area (Å²) in [5.41, 5.74) is 5.20. The number of carbonyl (C=O) groups excluding carboxylic acids is 1. The van der Waals surface area contributed by atoms with Gasteiger partial charge in [-0.2, -0.15) is 9.40 Å². The van der Waals surface area contributed by atoms with E-state index in [1.54, 1.807) is 7.05 Å². The number of nitrogens with two attached hydrogens (primary N) is 1. The molecule has 1 fully saturated rings. The van der Waals surface area contributed by atoms with Crippen LogP contribution in [0.1, 0.15) is 12.8 Å². The molecule has 0 bridgehead atoms. The van der Waals surface area contributed by atoms with Gasteiger partial charge >= 0.3 is 0 Å². The number of piperidine rings is 1. The van der Waals surface area contributed by atoms with E-state index in [9.17, 15) is 13.2 Å². The van der Waals surface area contributed by atoms with Gasteiger partial charge in [-0.1, -0.05) is 0 Å². The summed E-state index contributed by atoms with van der Waals surface area (Å²) < 4.78 is 27.8. The van der Waals surface area contributed by atoms with Gasteiger partial charge in [-0.05, 0) is 25.5 Å². The average Bonchev–Trinajstić information content (AvgIpc) is 2.83. The van der Waals surface area contributed by atoms with Crippen molar-refractivity contribution in [2.24, 2.45) is 12.8 Å². The van der Waals surface area contributed by atoms with Crippen LogP contribution < -0.4 is 11.1 Å². The number of hydrogen-bond acceptors (Lipinski definition) is 5. The van der Waals surface area contributed by atoms with Gasteiger partial charge in [0.15, 0.2) is 5.03 Å². The smallest absolute Gasteiger partial charge is 0.260 e. The molecule has 20 heavy (non-hydrogen) atoms. The molecule has 1 aliphatic rings. The second kappa shape index (κ2) is 5.90. The third-order valence-corrected chi connectivity index (χ3v) is 5.31. The van der Waals surface area contributed by atoms with Crippen LogP contribution in [0.5, 0.6) is 0 Å². The van der Waals surface area contributed by atoms with Crippen molar-refractivity contribution in [2.45, 2.75) is 23.9 Å². The molecule has 0 radical (unpaired) electrons. The van der Waals surface area contributed by atoms with Gasteiger partial charge in [0.25, 0.3) is 10.0 Å². The highest BCUT2D eigenvalue weighted by Gasteiger charge is 2.35. The van der Waals surface area contributed by atoms with E-state index in [0.717, 1.165) is 13.0 Å². The summed E-state index contributed by atoms with van der Waals surface area (Å²) in [4.78, 5) is 11.2. The normalized spacial score (nSPS) is 20.2. The predicted octanol–water partition coefficient (Wildman–Crippen LogP) is -1.35. The summed E-state index contributed by atoms with van der Waals surface area (Å²) in [6.07, 6.45) is 2.98. The minimum atomic E-state index is -3.79. The lowest BCUT2D eigenvalue weighted by Gasteiger charge is -2.32. The molecule has 2 heterocycles. The summed E-state index contributed by atoms with van der Waals surface area (Å²) in [7, 11) is -2.24. The van der Waals surface area contributed by atoms with E-state index < -0.39 is 15.9 Å². The number of primary amides is 1. The number of sulfonamides is 1. The lowest BCUT2D eigenvalue weighted by molar-refractivity contribution is -0.118. The zero-order valence-corrected chi connectivity index (χ0v) is 12.1. The standard InChI is InChI=1S/C11H19N5O3S/c1-15-11(4-6-14-15)20(18,19)16(8-10(12)17)9-3-2-5-13-7-9/h4,6,9,13H,2-3,5,7-8H2,1H3,(H2,12,17). The van der Waals surface area contributed by atoms with Crippen molar-refractivity contribution in [3.8, 4) is 0 Å². The molecular formula is C11H19N5O3S. The zero-order valence-electron chi connectivity index (χ0n) is 11.3. The summed E-state index contributed by atoms with van der Waals surface area (Å²) in [5, 5.41) is 7.07. The molecule has 1 saturated heterocycles. The van der Waals surface area contributed by atoms with Crippen LogP contribution in [0.2, 0.25) is 0 Å². The first-order valence-electron chi connectivity index (χ1n) is 6.42. The predicted molar refractivity (Wildman–Crippen MR) is 72.2 cm³/mol. The van der Waals surface area contributed by atoms with Gasteiger partial charge in [0.1, 0.15) is 0 Å². The lowest BCUT2D eigenvalue weighted by atomic mass is 10.1. The van der Waals surface area contributed by atoms with Gasteiger partial charge in [0, 0.05) is 19.6 Å². The largest absolute Gasteiger partial charge is 0.369 e. The first-order valence-corrected chi connectivity index (χ1v) is 7.86. The number of nitrogens with zero attached hydrogens (tertiary/aromatic N) is 3. The maximum Gasteiger partial charge on any atom is 0.260 e. The number of nitrogens with one attached hydrogen (secondary N) is 1. The first kappa shape index (κ1) is 14.9. The van der Waals surface area contributed by atoms with Crippen LogP contribution in [-0.2, 0) is 21.9 Å². The van der Waals surface area contributed by atoms with E-state index in [2.05, 4.69) is 10.4 Å². The highest BCUT2D eigenvalue weighted by molar-refractivity contribution is 7.89. The molecule has 1 amide bonds. The van der Waals surface area contributed by atoms with E-state index in [1.165, 1.54) is 21.3 Å². The van der Waals surface area contributed by atoms with Gasteiger partial charge in [-0.25, -0.2) is 8.42 Å². The van der Waals surface area contributed by atoms with Crippen molar-refractivity contribution in [3.63, 3.8) is 0 Å². The fourth-order valence-electron chi connectivity index (χ4n) is 2.38. The summed E-state index contributed by atoms with van der Waals surface area (Å²) in [6, 6.07) is 1.15. The average molecular weight is 301 g/mol. The quantitative estimate of drug-likeness (QED) is 0.698. The molecule has 1 aromatic heterocycles. The summed E-state index contributed by atoms with van der Waals surface area (Å²) in [5.74, 6) is -0.665. The van der Waals surface area contributed by atoms with Gasteiger partial charge in [-0.3, -0.25) is 9.48 Å². The first-order chi connectivity index (χ1) is 9.43. The van der Waals surface area contributed by atoms with Crippen molar-refractivity contribution in [2.75, 3.05) is 19.6 Å². The molecular weight excluding hydrogens is 282 g/mol. The van der Waals surface area contributed by atoms with Crippen molar-refractivity contribution in [1.29, 1.82) is 0 Å². The van der Waals surface area contributed by atoms with Gasteiger partial charge < -0.3 is 11.1 Å². The Morgan fingerprint density at radius 2 is 2.40 bits per heavy atom. The van der Waals surface area contributed by atoms with Crippen LogP contribution >= 0.6 is 0 Å². The zero-order chi connectivity index (χ0) is 14.8. The lowest BCUT2D eigenvalue weighted by Crippen LogP contribution is -2.51. The monoisotopic (exact) mass is 301 g/mol. The Morgan fingerprint density at radius 1 is 1.65 bits per heavy atom. The third-order valence-electron chi connectivity index (χ3n) is 3.34. The molecule has 9 heteroatoms. The number of carbonyl (C=O) groups is 1. The van der Waals surface area contributed by atoms with Crippen LogP contribution in [0.4, 0.5) is 0 Å². The summed E-state index contributed by atoms with van der Waals surface area (Å²) in [6.45, 7) is 1.05. The molecule has 1 atom stereocenters. The molecule has 0 aromatic carbocycles. The Labute approximate surface area is 118 Å². The van der Waals surface area contributed by atoms with E-state index in [4.69, 9.17) is 5.73 Å². The number of rotatable bonds is 5. The molecule has 8 nitrogen and oxygen atoms in total. The minimum absolute atomic E-state index is 0.0596. The summed E-state index contributed by atoms with van der Waals surface area (Å²) >= 11 is 0. The van der Waals surface area contributed by atoms with Crippen LogP contribution in [0.25, 0.3) is 0 Å². The topological polar surface area (TPSA) is 110 Å². The second-order valence-corrected chi connectivity index (χ2v) is 6.65. The Hall–Kier alpha value is -1.45. The fourth-order valence-corrected chi connectivity index (χ4v) is 4.10. The van der Waals surface area contributed by atoms with Gasteiger partial charge in [0.05, 0.1) is 12.7 Å². The number of aromatic nitrogens is 2. The highest BCUT2D eigenvalue weighted by Crippen LogP contribution is 2.20. The number of amides is 1. The molecule has 1 aromatic rings. The maximum absolute atomic E-state index is 12.7. The fraction of sp³-hybridized carbons (Fsp3) is 0.636. The van der Waals surface area contributed by atoms with Crippen molar-refractivity contribution in [1.82, 2.24) is 19.4 Å². The van der Waals surface area contributed by atoms with E-state index in [0.29, 0.717) is 13.0 Å². The minimum Gasteiger partial charge on any atom is -0.369 e. The molecule has 3 N–H and O–H groups in total.